The molecule has 0 spiro atoms. The third-order valence-corrected chi connectivity index (χ3v) is 4.16. The minimum Gasteiger partial charge on any atom is -0.492 e. The highest BCUT2D eigenvalue weighted by atomic mass is 35.5. The molecule has 0 aliphatic rings. The van der Waals surface area contributed by atoms with Crippen LogP contribution in [0.5, 0.6) is 5.75 Å². The van der Waals surface area contributed by atoms with Crippen molar-refractivity contribution in [3.63, 3.8) is 0 Å². The predicted molar refractivity (Wildman–Crippen MR) is 110 cm³/mol. The smallest absolute Gasteiger partial charge is 0.224 e. The summed E-state index contributed by atoms with van der Waals surface area (Å²) in [7, 11) is 0. The molecule has 0 heterocycles. The molecule has 0 saturated carbocycles. The van der Waals surface area contributed by atoms with E-state index in [0.29, 0.717) is 53.0 Å². The van der Waals surface area contributed by atoms with Crippen molar-refractivity contribution in [3.8, 4) is 5.75 Å². The van der Waals surface area contributed by atoms with Gasteiger partial charge in [-0.25, -0.2) is 0 Å². The van der Waals surface area contributed by atoms with Crippen LogP contribution in [-0.2, 0) is 9.59 Å². The number of amides is 2. The minimum atomic E-state index is -0.108. The quantitative estimate of drug-likeness (QED) is 0.535. The molecule has 0 aliphatic heterocycles. The molecule has 0 radical (unpaired) electrons. The van der Waals surface area contributed by atoms with Crippen LogP contribution in [0.2, 0.25) is 10.0 Å². The monoisotopic (exact) mass is 408 g/mol. The minimum absolute atomic E-state index is 0.0184. The molecule has 7 heteroatoms. The Labute approximate surface area is 169 Å². The van der Waals surface area contributed by atoms with Gasteiger partial charge in [0, 0.05) is 29.2 Å². The highest BCUT2D eigenvalue weighted by Crippen LogP contribution is 2.27. The first-order valence-corrected chi connectivity index (χ1v) is 9.51. The van der Waals surface area contributed by atoms with Gasteiger partial charge in [0.1, 0.15) is 5.75 Å². The van der Waals surface area contributed by atoms with Gasteiger partial charge in [-0.1, -0.05) is 30.1 Å². The molecular formula is C20H22Cl2N2O3. The summed E-state index contributed by atoms with van der Waals surface area (Å²) in [6.45, 7) is 2.32. The summed E-state index contributed by atoms with van der Waals surface area (Å²) >= 11 is 11.9. The van der Waals surface area contributed by atoms with Crippen molar-refractivity contribution in [2.75, 3.05) is 17.2 Å². The van der Waals surface area contributed by atoms with Crippen molar-refractivity contribution in [3.05, 3.63) is 52.5 Å². The summed E-state index contributed by atoms with van der Waals surface area (Å²) in [5.74, 6) is 0.417. The molecule has 0 aliphatic carbocycles. The Morgan fingerprint density at radius 2 is 1.52 bits per heavy atom. The van der Waals surface area contributed by atoms with Crippen LogP contribution in [0, 0.1) is 0 Å². The molecule has 0 atom stereocenters. The van der Waals surface area contributed by atoms with Crippen LogP contribution in [0.3, 0.4) is 0 Å². The first kappa shape index (κ1) is 21.1. The topological polar surface area (TPSA) is 67.4 Å². The van der Waals surface area contributed by atoms with Crippen molar-refractivity contribution < 1.29 is 14.3 Å². The van der Waals surface area contributed by atoms with Crippen molar-refractivity contribution in [2.45, 2.75) is 32.6 Å². The van der Waals surface area contributed by atoms with E-state index < -0.39 is 0 Å². The summed E-state index contributed by atoms with van der Waals surface area (Å²) in [6, 6.07) is 12.0. The van der Waals surface area contributed by atoms with E-state index in [1.54, 1.807) is 42.5 Å². The summed E-state index contributed by atoms with van der Waals surface area (Å²) in [6.07, 6.45) is 2.16. The summed E-state index contributed by atoms with van der Waals surface area (Å²) in [5.41, 5.74) is 1.38. The van der Waals surface area contributed by atoms with Gasteiger partial charge in [-0.2, -0.15) is 0 Å². The normalized spacial score (nSPS) is 10.3. The lowest BCUT2D eigenvalue weighted by atomic mass is 10.2. The Bertz CT molecular complexity index is 779. The lowest BCUT2D eigenvalue weighted by molar-refractivity contribution is -0.117. The van der Waals surface area contributed by atoms with E-state index in [0.717, 1.165) is 6.42 Å². The van der Waals surface area contributed by atoms with Crippen LogP contribution in [0.4, 0.5) is 11.4 Å². The Morgan fingerprint density at radius 1 is 0.926 bits per heavy atom. The molecule has 144 valence electrons. The number of carbonyl (C=O) groups excluding carboxylic acids is 2. The van der Waals surface area contributed by atoms with Crippen molar-refractivity contribution in [1.82, 2.24) is 0 Å². The maximum Gasteiger partial charge on any atom is 0.224 e. The number of rotatable bonds is 9. The van der Waals surface area contributed by atoms with E-state index in [1.165, 1.54) is 0 Å². The number of carbonyl (C=O) groups is 2. The third kappa shape index (κ3) is 7.49. The number of anilines is 2. The molecular weight excluding hydrogens is 387 g/mol. The highest BCUT2D eigenvalue weighted by Gasteiger charge is 2.06. The summed E-state index contributed by atoms with van der Waals surface area (Å²) in [5, 5.41) is 6.60. The molecule has 2 aromatic rings. The van der Waals surface area contributed by atoms with Gasteiger partial charge >= 0.3 is 0 Å². The van der Waals surface area contributed by atoms with Crippen LogP contribution >= 0.6 is 23.2 Å². The van der Waals surface area contributed by atoms with Gasteiger partial charge < -0.3 is 15.4 Å². The lowest BCUT2D eigenvalue weighted by Gasteiger charge is -2.09. The highest BCUT2D eigenvalue weighted by molar-refractivity contribution is 6.35. The second-order valence-corrected chi connectivity index (χ2v) is 6.79. The summed E-state index contributed by atoms with van der Waals surface area (Å²) < 4.78 is 5.55. The average Bonchev–Trinajstić information content (AvgIpc) is 2.62. The molecule has 0 fully saturated rings. The van der Waals surface area contributed by atoms with E-state index in [9.17, 15) is 9.59 Å². The number of halogens is 2. The zero-order chi connectivity index (χ0) is 19.6. The molecule has 27 heavy (non-hydrogen) atoms. The fourth-order valence-electron chi connectivity index (χ4n) is 2.32. The van der Waals surface area contributed by atoms with Crippen molar-refractivity contribution in [1.29, 1.82) is 0 Å². The standard InChI is InChI=1S/C20H22Cl2N2O3/c1-2-4-19(25)23-15-7-9-16(10-8-15)24-20(26)5-3-12-27-18-11-6-14(21)13-17(18)22/h6-11,13H,2-5,12H2,1H3,(H,23,25)(H,24,26). The fourth-order valence-corrected chi connectivity index (χ4v) is 2.78. The van der Waals surface area contributed by atoms with Gasteiger partial charge in [0.2, 0.25) is 11.8 Å². The second-order valence-electron chi connectivity index (χ2n) is 5.95. The Morgan fingerprint density at radius 3 is 2.07 bits per heavy atom. The van der Waals surface area contributed by atoms with Gasteiger partial charge in [0.15, 0.2) is 0 Å². The van der Waals surface area contributed by atoms with Crippen molar-refractivity contribution >= 4 is 46.4 Å². The molecule has 0 unspecified atom stereocenters. The maximum absolute atomic E-state index is 12.0. The predicted octanol–water partition coefficient (Wildman–Crippen LogP) is 5.53. The average molecular weight is 409 g/mol. The van der Waals surface area contributed by atoms with Gasteiger partial charge in [-0.05, 0) is 55.3 Å². The zero-order valence-electron chi connectivity index (χ0n) is 15.1. The van der Waals surface area contributed by atoms with Crippen LogP contribution in [0.15, 0.2) is 42.5 Å². The molecule has 2 aromatic carbocycles. The number of nitrogens with one attached hydrogen (secondary N) is 2. The van der Waals surface area contributed by atoms with Gasteiger partial charge in [0.05, 0.1) is 11.6 Å². The molecule has 5 nitrogen and oxygen atoms in total. The molecule has 0 aromatic heterocycles. The number of hydrogen-bond acceptors (Lipinski definition) is 3. The van der Waals surface area contributed by atoms with Gasteiger partial charge in [-0.15, -0.1) is 0 Å². The number of hydrogen-bond donors (Lipinski definition) is 2. The molecule has 2 N–H and O–H groups in total. The Kier molecular flexibility index (Phi) is 8.43. The van der Waals surface area contributed by atoms with Gasteiger partial charge in [-0.3, -0.25) is 9.59 Å². The van der Waals surface area contributed by atoms with Gasteiger partial charge in [0.25, 0.3) is 0 Å². The zero-order valence-corrected chi connectivity index (χ0v) is 16.6. The molecule has 0 saturated heterocycles. The van der Waals surface area contributed by atoms with E-state index in [-0.39, 0.29) is 11.8 Å². The van der Waals surface area contributed by atoms with Crippen molar-refractivity contribution in [2.24, 2.45) is 0 Å². The maximum atomic E-state index is 12.0. The van der Waals surface area contributed by atoms with E-state index in [1.807, 2.05) is 6.92 Å². The second kappa shape index (κ2) is 10.8. The fraction of sp³-hybridized carbons (Fsp3) is 0.300. The molecule has 0 bridgehead atoms. The molecule has 2 rings (SSSR count). The lowest BCUT2D eigenvalue weighted by Crippen LogP contribution is -2.13. The first-order chi connectivity index (χ1) is 13.0. The first-order valence-electron chi connectivity index (χ1n) is 8.75. The van der Waals surface area contributed by atoms with Crippen LogP contribution < -0.4 is 15.4 Å². The van der Waals surface area contributed by atoms with E-state index in [2.05, 4.69) is 10.6 Å². The Balaban J connectivity index is 1.71. The van der Waals surface area contributed by atoms with Crippen LogP contribution in [0.1, 0.15) is 32.6 Å². The Hall–Kier alpha value is -2.24. The van der Waals surface area contributed by atoms with Crippen LogP contribution in [0.25, 0.3) is 0 Å². The number of benzene rings is 2. The largest absolute Gasteiger partial charge is 0.492 e. The number of ether oxygens (including phenoxy) is 1. The van der Waals surface area contributed by atoms with E-state index in [4.69, 9.17) is 27.9 Å². The molecule has 2 amide bonds. The van der Waals surface area contributed by atoms with Crippen LogP contribution in [-0.4, -0.2) is 18.4 Å². The SMILES string of the molecule is CCCC(=O)Nc1ccc(NC(=O)CCCOc2ccc(Cl)cc2Cl)cc1. The van der Waals surface area contributed by atoms with E-state index >= 15 is 0 Å². The summed E-state index contributed by atoms with van der Waals surface area (Å²) in [4.78, 5) is 23.6. The third-order valence-electron chi connectivity index (χ3n) is 3.63.